The van der Waals surface area contributed by atoms with Crippen LogP contribution in [0.4, 0.5) is 0 Å². The minimum absolute atomic E-state index is 0.0458. The highest BCUT2D eigenvalue weighted by molar-refractivity contribution is 7.45. The molecule has 0 amide bonds. The molecule has 0 aliphatic carbocycles. The second-order valence-electron chi connectivity index (χ2n) is 23.5. The van der Waals surface area contributed by atoms with Crippen LogP contribution in [0.5, 0.6) is 0 Å². The van der Waals surface area contributed by atoms with Gasteiger partial charge < -0.3 is 27.9 Å². The summed E-state index contributed by atoms with van der Waals surface area (Å²) in [6, 6.07) is 0. The Morgan fingerprint density at radius 2 is 0.679 bits per heavy atom. The fourth-order valence-electron chi connectivity index (χ4n) is 8.97. The number of carbonyl (C=O) groups excluding carboxylic acids is 2. The fourth-order valence-corrected chi connectivity index (χ4v) is 9.70. The first-order chi connectivity index (χ1) is 41.0. The van der Waals surface area contributed by atoms with Gasteiger partial charge in [-0.05, 0) is 116 Å². The summed E-state index contributed by atoms with van der Waals surface area (Å²) in [7, 11) is 1.12. The summed E-state index contributed by atoms with van der Waals surface area (Å²) < 4.78 is 34.2. The number of phosphoric acid groups is 1. The lowest BCUT2D eigenvalue weighted by atomic mass is 10.0. The van der Waals surface area contributed by atoms with Gasteiger partial charge in [-0.3, -0.25) is 14.2 Å². The van der Waals surface area contributed by atoms with Crippen LogP contribution in [0.3, 0.4) is 0 Å². The van der Waals surface area contributed by atoms with Crippen molar-refractivity contribution in [2.75, 3.05) is 47.5 Å². The number of unbranched alkanes of at least 4 members (excludes halogenated alkanes) is 25. The van der Waals surface area contributed by atoms with Gasteiger partial charge in [0, 0.05) is 12.8 Å². The van der Waals surface area contributed by atoms with Crippen molar-refractivity contribution in [1.82, 2.24) is 0 Å². The maximum Gasteiger partial charge on any atom is 0.306 e. The van der Waals surface area contributed by atoms with E-state index in [4.69, 9.17) is 18.5 Å². The Morgan fingerprint density at radius 1 is 0.381 bits per heavy atom. The minimum atomic E-state index is -4.66. The molecule has 0 aromatic rings. The zero-order valence-corrected chi connectivity index (χ0v) is 55.4. The number of likely N-dealkylation sites (N-methyl/N-ethyl adjacent to an activating group) is 1. The number of esters is 2. The third-order valence-electron chi connectivity index (χ3n) is 14.2. The maximum atomic E-state index is 12.8. The molecule has 10 heteroatoms. The van der Waals surface area contributed by atoms with Gasteiger partial charge in [0.05, 0.1) is 27.7 Å². The molecule has 9 nitrogen and oxygen atoms in total. The number of phosphoric ester groups is 1. The standard InChI is InChI=1S/C74H126NO8P/c1-6-8-10-12-14-16-18-20-22-24-26-28-30-32-34-35-36-37-38-39-41-43-45-47-49-51-53-55-57-59-61-63-65-67-74(77)83-72(71-82-84(78,79)81-69-68-75(3,4)5)70-80-73(76)66-64-62-60-58-56-54-52-50-48-46-44-42-40-33-31-29-27-25-23-21-19-17-15-13-11-9-7-2/h8,10,14,16,20,22,25-28,32,34,36-37,39,41,45,47,51,53,57,59,72H,6-7,9,11-13,15,17-19,21,23-24,29-31,33,35,38,40,42-44,46,48-50,52,54-56,58,60-71H2,1-5H3/b10-8-,16-14-,22-20-,27-25-,28-26-,34-32-,37-36-,41-39-,47-45-,53-51-,59-57-. The molecule has 0 N–H and O–H groups in total. The zero-order valence-electron chi connectivity index (χ0n) is 54.6. The largest absolute Gasteiger partial charge is 0.756 e. The third kappa shape index (κ3) is 67.3. The van der Waals surface area contributed by atoms with Crippen molar-refractivity contribution in [2.45, 2.75) is 277 Å². The van der Waals surface area contributed by atoms with E-state index >= 15 is 0 Å². The van der Waals surface area contributed by atoms with Gasteiger partial charge in [0.1, 0.15) is 19.8 Å². The molecular formula is C74H126NO8P. The molecule has 2 atom stereocenters. The summed E-state index contributed by atoms with van der Waals surface area (Å²) in [5, 5.41) is 0. The van der Waals surface area contributed by atoms with Crippen molar-refractivity contribution in [3.05, 3.63) is 134 Å². The van der Waals surface area contributed by atoms with Crippen LogP contribution in [0.15, 0.2) is 134 Å². The van der Waals surface area contributed by atoms with E-state index in [1.165, 1.54) is 141 Å². The Morgan fingerprint density at radius 3 is 1.05 bits per heavy atom. The number of rotatable bonds is 61. The molecule has 0 rings (SSSR count). The highest BCUT2D eigenvalue weighted by Crippen LogP contribution is 2.38. The molecule has 2 unspecified atom stereocenters. The first-order valence-electron chi connectivity index (χ1n) is 33.9. The Labute approximate surface area is 517 Å². The van der Waals surface area contributed by atoms with Gasteiger partial charge in [-0.2, -0.15) is 0 Å². The maximum absolute atomic E-state index is 12.8. The summed E-state index contributed by atoms with van der Waals surface area (Å²) in [5.74, 6) is -0.887. The predicted molar refractivity (Wildman–Crippen MR) is 360 cm³/mol. The number of ether oxygens (including phenoxy) is 2. The van der Waals surface area contributed by atoms with Gasteiger partial charge in [0.25, 0.3) is 7.82 Å². The van der Waals surface area contributed by atoms with E-state index in [-0.39, 0.29) is 26.1 Å². The Balaban J connectivity index is 4.21. The van der Waals surface area contributed by atoms with Crippen molar-refractivity contribution in [2.24, 2.45) is 0 Å². The van der Waals surface area contributed by atoms with Crippen LogP contribution in [0.2, 0.25) is 0 Å². The average Bonchev–Trinajstić information content (AvgIpc) is 3.61. The van der Waals surface area contributed by atoms with E-state index in [9.17, 15) is 19.0 Å². The number of hydrogen-bond donors (Lipinski definition) is 0. The number of hydrogen-bond acceptors (Lipinski definition) is 8. The summed E-state index contributed by atoms with van der Waals surface area (Å²) >= 11 is 0. The molecule has 480 valence electrons. The van der Waals surface area contributed by atoms with Crippen LogP contribution in [0.1, 0.15) is 271 Å². The number of allylic oxidation sites excluding steroid dienone is 22. The molecular weight excluding hydrogens is 1060 g/mol. The first-order valence-corrected chi connectivity index (χ1v) is 35.4. The smallest absolute Gasteiger partial charge is 0.306 e. The van der Waals surface area contributed by atoms with Gasteiger partial charge in [0.2, 0.25) is 0 Å². The molecule has 0 aromatic carbocycles. The van der Waals surface area contributed by atoms with Gasteiger partial charge in [-0.15, -0.1) is 0 Å². The van der Waals surface area contributed by atoms with Crippen molar-refractivity contribution in [3.63, 3.8) is 0 Å². The molecule has 0 aliphatic heterocycles. The summed E-state index contributed by atoms with van der Waals surface area (Å²) in [4.78, 5) is 38.0. The van der Waals surface area contributed by atoms with E-state index in [1.54, 1.807) is 0 Å². The SMILES string of the molecule is CC/C=C\C/C=C\C/C=C\C/C=C\C/C=C\C/C=C\C/C=C\C/C=C\C/C=C\C/C=C\CCCCC(=O)OC(COC(=O)CCCCCCCCCCCCCCCCC/C=C\CCCCCCCCCC)COP(=O)([O-])OCC[N+](C)(C)C. The van der Waals surface area contributed by atoms with Crippen molar-refractivity contribution >= 4 is 19.8 Å². The molecule has 84 heavy (non-hydrogen) atoms. The van der Waals surface area contributed by atoms with Crippen molar-refractivity contribution in [3.8, 4) is 0 Å². The minimum Gasteiger partial charge on any atom is -0.756 e. The number of quaternary nitrogens is 1. The monoisotopic (exact) mass is 1190 g/mol. The summed E-state index contributed by atoms with van der Waals surface area (Å²) in [6.45, 7) is 4.08. The van der Waals surface area contributed by atoms with Crippen LogP contribution in [0.25, 0.3) is 0 Å². The molecule has 0 saturated carbocycles. The van der Waals surface area contributed by atoms with E-state index in [0.29, 0.717) is 17.4 Å². The molecule has 0 bridgehead atoms. The summed E-state index contributed by atoms with van der Waals surface area (Å²) in [5.41, 5.74) is 0. The van der Waals surface area contributed by atoms with Gasteiger partial charge >= 0.3 is 11.9 Å². The normalized spacial score (nSPS) is 14.0. The van der Waals surface area contributed by atoms with Gasteiger partial charge in [0.15, 0.2) is 6.10 Å². The molecule has 0 fully saturated rings. The van der Waals surface area contributed by atoms with Gasteiger partial charge in [-0.25, -0.2) is 0 Å². The lowest BCUT2D eigenvalue weighted by molar-refractivity contribution is -0.870. The van der Waals surface area contributed by atoms with E-state index in [1.807, 2.05) is 21.1 Å². The lowest BCUT2D eigenvalue weighted by Crippen LogP contribution is -2.37. The van der Waals surface area contributed by atoms with Crippen LogP contribution in [0, 0.1) is 0 Å². The first kappa shape index (κ1) is 80.2. The van der Waals surface area contributed by atoms with E-state index < -0.39 is 32.5 Å². The Hall–Kier alpha value is -3.85. The van der Waals surface area contributed by atoms with E-state index in [0.717, 1.165) is 96.3 Å². The van der Waals surface area contributed by atoms with E-state index in [2.05, 4.69) is 148 Å². The van der Waals surface area contributed by atoms with Crippen LogP contribution in [-0.4, -0.2) is 70.0 Å². The van der Waals surface area contributed by atoms with Crippen LogP contribution in [-0.2, 0) is 32.7 Å². The molecule has 0 aromatic heterocycles. The third-order valence-corrected chi connectivity index (χ3v) is 15.1. The Kier molecular flexibility index (Phi) is 60.7. The Bertz CT molecular complexity index is 1880. The molecule has 0 heterocycles. The predicted octanol–water partition coefficient (Wildman–Crippen LogP) is 21.4. The molecule has 0 aliphatic rings. The van der Waals surface area contributed by atoms with Gasteiger partial charge in [-0.1, -0.05) is 276 Å². The fraction of sp³-hybridized carbons (Fsp3) is 0.676. The summed E-state index contributed by atoms with van der Waals surface area (Å²) in [6.07, 6.45) is 92.4. The lowest BCUT2D eigenvalue weighted by Gasteiger charge is -2.28. The molecule has 0 spiro atoms. The highest BCUT2D eigenvalue weighted by atomic mass is 31.2. The number of nitrogens with zero attached hydrogens (tertiary/aromatic N) is 1. The van der Waals surface area contributed by atoms with Crippen LogP contribution >= 0.6 is 7.82 Å². The second-order valence-corrected chi connectivity index (χ2v) is 24.9. The molecule has 0 saturated heterocycles. The highest BCUT2D eigenvalue weighted by Gasteiger charge is 2.22. The zero-order chi connectivity index (χ0) is 61.2. The van der Waals surface area contributed by atoms with Crippen molar-refractivity contribution < 1.29 is 42.1 Å². The quantitative estimate of drug-likeness (QED) is 0.0195. The average molecular weight is 1190 g/mol. The number of carbonyl (C=O) groups is 2. The van der Waals surface area contributed by atoms with Crippen LogP contribution < -0.4 is 4.89 Å². The second kappa shape index (κ2) is 63.6. The molecule has 0 radical (unpaired) electrons. The van der Waals surface area contributed by atoms with Crippen molar-refractivity contribution in [1.29, 1.82) is 0 Å². The topological polar surface area (TPSA) is 111 Å².